The Morgan fingerprint density at radius 2 is 1.95 bits per heavy atom. The van der Waals surface area contributed by atoms with Crippen molar-refractivity contribution in [2.24, 2.45) is 5.41 Å². The summed E-state index contributed by atoms with van der Waals surface area (Å²) < 4.78 is 5.35. The number of aryl methyl sites for hydroxylation is 2. The predicted octanol–water partition coefficient (Wildman–Crippen LogP) is 5.21. The van der Waals surface area contributed by atoms with Gasteiger partial charge in [0.25, 0.3) is 0 Å². The van der Waals surface area contributed by atoms with Gasteiger partial charge in [0, 0.05) is 11.8 Å². The summed E-state index contributed by atoms with van der Waals surface area (Å²) in [6.45, 7) is 8.98. The summed E-state index contributed by atoms with van der Waals surface area (Å²) in [5, 5.41) is 0. The van der Waals surface area contributed by atoms with E-state index in [2.05, 4.69) is 50.8 Å². The van der Waals surface area contributed by atoms with Gasteiger partial charge in [0.1, 0.15) is 0 Å². The fourth-order valence-corrected chi connectivity index (χ4v) is 3.66. The minimum absolute atomic E-state index is 0.0953. The van der Waals surface area contributed by atoms with Crippen molar-refractivity contribution in [3.05, 3.63) is 65.0 Å². The van der Waals surface area contributed by atoms with Crippen molar-refractivity contribution in [3.63, 3.8) is 0 Å². The van der Waals surface area contributed by atoms with Gasteiger partial charge in [-0.25, -0.2) is 0 Å². The van der Waals surface area contributed by atoms with E-state index < -0.39 is 0 Å². The lowest BCUT2D eigenvalue weighted by Crippen LogP contribution is -2.27. The molecule has 0 aliphatic heterocycles. The molecule has 0 saturated carbocycles. The molecule has 1 aromatic carbocycles. The maximum absolute atomic E-state index is 5.35. The molecule has 1 atom stereocenters. The van der Waals surface area contributed by atoms with Gasteiger partial charge in [0.15, 0.2) is 0 Å². The molecular formula is C20H24O. The molecule has 0 heterocycles. The first-order chi connectivity index (χ1) is 10.0. The molecule has 21 heavy (non-hydrogen) atoms. The van der Waals surface area contributed by atoms with E-state index in [1.165, 1.54) is 27.8 Å². The van der Waals surface area contributed by atoms with Crippen LogP contribution in [-0.4, -0.2) is 7.11 Å². The molecule has 0 radical (unpaired) electrons. The van der Waals surface area contributed by atoms with Crippen molar-refractivity contribution in [3.8, 4) is 0 Å². The molecule has 0 aromatic heterocycles. The van der Waals surface area contributed by atoms with Gasteiger partial charge in [-0.1, -0.05) is 48.9 Å². The first-order valence-corrected chi connectivity index (χ1v) is 7.78. The summed E-state index contributed by atoms with van der Waals surface area (Å²) in [7, 11) is 1.75. The number of hydrogen-bond donors (Lipinski definition) is 0. The molecule has 2 aliphatic carbocycles. The zero-order valence-electron chi connectivity index (χ0n) is 13.3. The monoisotopic (exact) mass is 280 g/mol. The highest BCUT2D eigenvalue weighted by atomic mass is 16.5. The lowest BCUT2D eigenvalue weighted by molar-refractivity contribution is 0.272. The van der Waals surface area contributed by atoms with Gasteiger partial charge >= 0.3 is 0 Å². The maximum Gasteiger partial charge on any atom is 0.0958 e. The molecule has 0 saturated heterocycles. The average Bonchev–Trinajstić information content (AvgIpc) is 2.51. The minimum Gasteiger partial charge on any atom is -0.501 e. The molecule has 1 aromatic rings. The standard InChI is InChI=1S/C20H24O/c1-14-5-10-19-15(2)20(3,12-11-16(19)13-14)17-6-8-18(21-4)9-7-17/h5-6,8,10,13H,2,7,9,11-12H2,1,3-4H3. The summed E-state index contributed by atoms with van der Waals surface area (Å²) in [6, 6.07) is 6.77. The van der Waals surface area contributed by atoms with Crippen LogP contribution in [0.4, 0.5) is 0 Å². The summed E-state index contributed by atoms with van der Waals surface area (Å²) >= 11 is 0. The topological polar surface area (TPSA) is 9.23 Å². The molecule has 3 rings (SSSR count). The highest BCUT2D eigenvalue weighted by molar-refractivity contribution is 5.75. The maximum atomic E-state index is 5.35. The Balaban J connectivity index is 1.97. The molecule has 1 heteroatoms. The van der Waals surface area contributed by atoms with E-state index in [1.807, 2.05) is 0 Å². The fourth-order valence-electron chi connectivity index (χ4n) is 3.66. The van der Waals surface area contributed by atoms with Gasteiger partial charge in [0.2, 0.25) is 0 Å². The molecular weight excluding hydrogens is 256 g/mol. The normalized spacial score (nSPS) is 25.0. The van der Waals surface area contributed by atoms with E-state index in [1.54, 1.807) is 7.11 Å². The Hall–Kier alpha value is -1.76. The van der Waals surface area contributed by atoms with Gasteiger partial charge in [-0.15, -0.1) is 0 Å². The number of allylic oxidation sites excluding steroid dienone is 5. The van der Waals surface area contributed by atoms with Crippen LogP contribution in [0.15, 0.2) is 48.3 Å². The van der Waals surface area contributed by atoms with E-state index in [0.717, 1.165) is 31.4 Å². The van der Waals surface area contributed by atoms with Crippen molar-refractivity contribution in [1.82, 2.24) is 0 Å². The van der Waals surface area contributed by atoms with Gasteiger partial charge in [-0.2, -0.15) is 0 Å². The van der Waals surface area contributed by atoms with Crippen LogP contribution in [0.2, 0.25) is 0 Å². The highest BCUT2D eigenvalue weighted by Gasteiger charge is 2.36. The molecule has 1 nitrogen and oxygen atoms in total. The van der Waals surface area contributed by atoms with Crippen LogP contribution in [0.25, 0.3) is 5.57 Å². The Labute approximate surface area is 128 Å². The van der Waals surface area contributed by atoms with Crippen LogP contribution >= 0.6 is 0 Å². The highest BCUT2D eigenvalue weighted by Crippen LogP contribution is 2.50. The molecule has 0 amide bonds. The number of benzene rings is 1. The van der Waals surface area contributed by atoms with Crippen molar-refractivity contribution in [1.29, 1.82) is 0 Å². The van der Waals surface area contributed by atoms with E-state index >= 15 is 0 Å². The Bertz CT molecular complexity index is 648. The summed E-state index contributed by atoms with van der Waals surface area (Å²) in [6.07, 6.45) is 8.77. The van der Waals surface area contributed by atoms with Crippen LogP contribution in [0.1, 0.15) is 42.9 Å². The smallest absolute Gasteiger partial charge is 0.0958 e. The molecule has 0 fully saturated rings. The molecule has 1 unspecified atom stereocenters. The van der Waals surface area contributed by atoms with Crippen LogP contribution in [0, 0.1) is 12.3 Å². The molecule has 110 valence electrons. The molecule has 0 N–H and O–H groups in total. The summed E-state index contributed by atoms with van der Waals surface area (Å²) in [5.41, 5.74) is 7.04. The predicted molar refractivity (Wildman–Crippen MR) is 89.1 cm³/mol. The Morgan fingerprint density at radius 3 is 2.62 bits per heavy atom. The zero-order valence-corrected chi connectivity index (χ0v) is 13.3. The quantitative estimate of drug-likeness (QED) is 0.722. The second-order valence-electron chi connectivity index (χ2n) is 6.50. The number of ether oxygens (including phenoxy) is 1. The third-order valence-electron chi connectivity index (χ3n) is 5.23. The number of rotatable bonds is 2. The molecule has 2 aliphatic rings. The van der Waals surface area contributed by atoms with Crippen molar-refractivity contribution in [2.75, 3.05) is 7.11 Å². The minimum atomic E-state index is 0.0953. The third-order valence-corrected chi connectivity index (χ3v) is 5.23. The van der Waals surface area contributed by atoms with E-state index in [4.69, 9.17) is 4.74 Å². The summed E-state index contributed by atoms with van der Waals surface area (Å²) in [4.78, 5) is 0. The summed E-state index contributed by atoms with van der Waals surface area (Å²) in [5.74, 6) is 1.08. The molecule has 0 spiro atoms. The van der Waals surface area contributed by atoms with Crippen LogP contribution in [0.5, 0.6) is 0 Å². The van der Waals surface area contributed by atoms with Crippen molar-refractivity contribution < 1.29 is 4.74 Å². The zero-order chi connectivity index (χ0) is 15.0. The third kappa shape index (κ3) is 2.35. The van der Waals surface area contributed by atoms with Crippen LogP contribution < -0.4 is 0 Å². The average molecular weight is 280 g/mol. The number of hydrogen-bond acceptors (Lipinski definition) is 1. The van der Waals surface area contributed by atoms with Gasteiger partial charge < -0.3 is 4.74 Å². The van der Waals surface area contributed by atoms with E-state index in [0.29, 0.717) is 0 Å². The second-order valence-corrected chi connectivity index (χ2v) is 6.50. The van der Waals surface area contributed by atoms with E-state index in [-0.39, 0.29) is 5.41 Å². The lowest BCUT2D eigenvalue weighted by atomic mass is 9.64. The molecule has 0 bridgehead atoms. The van der Waals surface area contributed by atoms with Crippen molar-refractivity contribution in [2.45, 2.75) is 39.5 Å². The Kier molecular flexibility index (Phi) is 3.52. The van der Waals surface area contributed by atoms with Crippen molar-refractivity contribution >= 4 is 5.57 Å². The number of fused-ring (bicyclic) bond motifs is 1. The van der Waals surface area contributed by atoms with Crippen LogP contribution in [0.3, 0.4) is 0 Å². The number of methoxy groups -OCH3 is 1. The van der Waals surface area contributed by atoms with Gasteiger partial charge in [0.05, 0.1) is 12.9 Å². The largest absolute Gasteiger partial charge is 0.501 e. The van der Waals surface area contributed by atoms with Gasteiger partial charge in [-0.05, 0) is 49.0 Å². The first-order valence-electron chi connectivity index (χ1n) is 7.78. The lowest BCUT2D eigenvalue weighted by Gasteiger charge is -2.40. The Morgan fingerprint density at radius 1 is 1.14 bits per heavy atom. The van der Waals surface area contributed by atoms with Gasteiger partial charge in [-0.3, -0.25) is 0 Å². The van der Waals surface area contributed by atoms with E-state index in [9.17, 15) is 0 Å². The van der Waals surface area contributed by atoms with Crippen LogP contribution in [-0.2, 0) is 11.2 Å². The fraction of sp³-hybridized carbons (Fsp3) is 0.400. The second kappa shape index (κ2) is 5.22. The first kappa shape index (κ1) is 14.2. The SMILES string of the molecule is C=C1c2ccc(C)cc2CCC1(C)C1=CC=C(OC)CC1.